The Bertz CT molecular complexity index is 606. The van der Waals surface area contributed by atoms with Crippen LogP contribution in [0.1, 0.15) is 46.5 Å². The predicted octanol–water partition coefficient (Wildman–Crippen LogP) is -1.66. The van der Waals surface area contributed by atoms with Crippen LogP contribution in [0, 0.1) is 5.92 Å². The molecule has 6 unspecified atom stereocenters. The van der Waals surface area contributed by atoms with Crippen molar-refractivity contribution in [3.05, 3.63) is 0 Å². The molecule has 0 aliphatic carbocycles. The maximum atomic E-state index is 12.6. The monoisotopic (exact) mass is 463 g/mol. The van der Waals surface area contributed by atoms with E-state index in [1.807, 2.05) is 6.92 Å². The third-order valence-corrected chi connectivity index (χ3v) is 5.36. The number of carboxylic acid groups (broad SMARTS) is 1. The van der Waals surface area contributed by atoms with Gasteiger partial charge in [0.2, 0.25) is 17.7 Å². The Morgan fingerprint density at radius 2 is 1.55 bits per heavy atom. The number of carboxylic acids is 1. The van der Waals surface area contributed by atoms with E-state index in [2.05, 4.69) is 28.6 Å². The lowest BCUT2D eigenvalue weighted by atomic mass is 9.99. The number of hydrogen-bond donors (Lipinski definition) is 8. The third kappa shape index (κ3) is 10.3. The van der Waals surface area contributed by atoms with Gasteiger partial charge in [-0.25, -0.2) is 4.79 Å². The minimum atomic E-state index is -1.42. The van der Waals surface area contributed by atoms with E-state index in [0.717, 1.165) is 0 Å². The van der Waals surface area contributed by atoms with E-state index in [9.17, 15) is 29.4 Å². The van der Waals surface area contributed by atoms with Crippen molar-refractivity contribution in [2.24, 2.45) is 17.4 Å². The van der Waals surface area contributed by atoms with Gasteiger partial charge in [0.1, 0.15) is 18.1 Å². The van der Waals surface area contributed by atoms with Crippen LogP contribution in [0.3, 0.4) is 0 Å². The first kappa shape index (κ1) is 29.1. The predicted molar refractivity (Wildman–Crippen MR) is 119 cm³/mol. The lowest BCUT2D eigenvalue weighted by Gasteiger charge is -2.26. The van der Waals surface area contributed by atoms with Crippen molar-refractivity contribution >= 4 is 36.3 Å². The lowest BCUT2D eigenvalue weighted by molar-refractivity contribution is -0.143. The van der Waals surface area contributed by atoms with Gasteiger partial charge in [0.25, 0.3) is 0 Å². The topological polar surface area (TPSA) is 197 Å². The zero-order chi connectivity index (χ0) is 24.1. The molecule has 9 N–H and O–H groups in total. The maximum absolute atomic E-state index is 12.6. The van der Waals surface area contributed by atoms with Crippen molar-refractivity contribution in [1.82, 2.24) is 16.0 Å². The number of aliphatic carboxylic acids is 1. The molecular weight excluding hydrogens is 426 g/mol. The van der Waals surface area contributed by atoms with E-state index >= 15 is 0 Å². The number of unbranched alkanes of at least 4 members (excludes halogenated alkanes) is 1. The summed E-state index contributed by atoms with van der Waals surface area (Å²) >= 11 is 4.06. The maximum Gasteiger partial charge on any atom is 0.326 e. The fourth-order valence-corrected chi connectivity index (χ4v) is 2.90. The van der Waals surface area contributed by atoms with Crippen molar-refractivity contribution < 1.29 is 29.4 Å². The summed E-state index contributed by atoms with van der Waals surface area (Å²) in [6.45, 7) is 5.36. The summed E-state index contributed by atoms with van der Waals surface area (Å²) in [7, 11) is 0. The van der Waals surface area contributed by atoms with E-state index < -0.39 is 54.0 Å². The Kier molecular flexibility index (Phi) is 14.1. The first-order valence-electron chi connectivity index (χ1n) is 10.4. The van der Waals surface area contributed by atoms with Crippen LogP contribution in [0.2, 0.25) is 0 Å². The van der Waals surface area contributed by atoms with Crippen LogP contribution in [-0.2, 0) is 19.2 Å². The first-order chi connectivity index (χ1) is 14.5. The van der Waals surface area contributed by atoms with Gasteiger partial charge in [-0.15, -0.1) is 0 Å². The van der Waals surface area contributed by atoms with Gasteiger partial charge in [-0.3, -0.25) is 14.4 Å². The fraction of sp³-hybridized carbons (Fsp3) is 0.789. The molecule has 0 aliphatic rings. The zero-order valence-corrected chi connectivity index (χ0v) is 19.2. The smallest absolute Gasteiger partial charge is 0.326 e. The van der Waals surface area contributed by atoms with Crippen LogP contribution in [0.4, 0.5) is 0 Å². The molecule has 0 rings (SSSR count). The summed E-state index contributed by atoms with van der Waals surface area (Å²) in [6, 6.07) is -4.53. The van der Waals surface area contributed by atoms with Gasteiger partial charge in [0.05, 0.1) is 12.1 Å². The van der Waals surface area contributed by atoms with Gasteiger partial charge >= 0.3 is 5.97 Å². The number of aliphatic hydroxyl groups excluding tert-OH is 1. The molecule has 0 saturated carbocycles. The minimum absolute atomic E-state index is 0.0736. The second kappa shape index (κ2) is 15.0. The fourth-order valence-electron chi connectivity index (χ4n) is 2.65. The van der Waals surface area contributed by atoms with Crippen LogP contribution in [0.25, 0.3) is 0 Å². The van der Waals surface area contributed by atoms with Crippen molar-refractivity contribution in [2.45, 2.75) is 76.7 Å². The molecule has 0 heterocycles. The van der Waals surface area contributed by atoms with Crippen LogP contribution < -0.4 is 27.4 Å². The van der Waals surface area contributed by atoms with Gasteiger partial charge in [-0.2, -0.15) is 12.6 Å². The summed E-state index contributed by atoms with van der Waals surface area (Å²) in [5.41, 5.74) is 11.3. The molecule has 0 aliphatic heterocycles. The summed E-state index contributed by atoms with van der Waals surface area (Å²) in [4.78, 5) is 48.8. The van der Waals surface area contributed by atoms with Gasteiger partial charge in [-0.05, 0) is 38.6 Å². The molecule has 0 spiro atoms. The van der Waals surface area contributed by atoms with E-state index in [1.165, 1.54) is 6.92 Å². The molecule has 11 nitrogen and oxygen atoms in total. The standard InChI is InChI=1S/C19H37N5O6S/c1-4-10(2)14(21)17(27)23-13(9-31)16(26)24-15(11(3)25)18(28)22-12(19(29)30)7-5-6-8-20/h10-15,25,31H,4-9,20-21H2,1-3H3,(H,22,28)(H,23,27)(H,24,26)(H,29,30). The largest absolute Gasteiger partial charge is 0.480 e. The number of nitrogens with one attached hydrogen (secondary N) is 3. The van der Waals surface area contributed by atoms with Gasteiger partial charge in [-0.1, -0.05) is 20.3 Å². The van der Waals surface area contributed by atoms with Crippen molar-refractivity contribution in [3.63, 3.8) is 0 Å². The summed E-state index contributed by atoms with van der Waals surface area (Å²) < 4.78 is 0. The van der Waals surface area contributed by atoms with Gasteiger partial charge < -0.3 is 37.6 Å². The molecule has 6 atom stereocenters. The Balaban J connectivity index is 5.15. The molecule has 0 aromatic heterocycles. The number of amides is 3. The average molecular weight is 464 g/mol. The number of hydrogen-bond acceptors (Lipinski definition) is 8. The highest BCUT2D eigenvalue weighted by molar-refractivity contribution is 7.80. The summed E-state index contributed by atoms with van der Waals surface area (Å²) in [5.74, 6) is -3.56. The zero-order valence-electron chi connectivity index (χ0n) is 18.3. The van der Waals surface area contributed by atoms with Crippen LogP contribution in [-0.4, -0.2) is 76.5 Å². The number of rotatable bonds is 15. The van der Waals surface area contributed by atoms with E-state index in [-0.39, 0.29) is 18.1 Å². The number of carbonyl (C=O) groups excluding carboxylic acids is 3. The Morgan fingerprint density at radius 3 is 2.00 bits per heavy atom. The first-order valence-corrected chi connectivity index (χ1v) is 11.0. The van der Waals surface area contributed by atoms with Crippen molar-refractivity contribution in [3.8, 4) is 0 Å². The SMILES string of the molecule is CCC(C)C(N)C(=O)NC(CS)C(=O)NC(C(=O)NC(CCCCN)C(=O)O)C(C)O. The van der Waals surface area contributed by atoms with Crippen LogP contribution in [0.5, 0.6) is 0 Å². The molecule has 12 heteroatoms. The minimum Gasteiger partial charge on any atom is -0.480 e. The molecule has 0 aromatic carbocycles. The molecule has 3 amide bonds. The molecule has 0 aromatic rings. The normalized spacial score (nSPS) is 16.9. The van der Waals surface area contributed by atoms with Crippen LogP contribution >= 0.6 is 12.6 Å². The van der Waals surface area contributed by atoms with E-state index in [0.29, 0.717) is 25.8 Å². The molecule has 0 radical (unpaired) electrons. The quantitative estimate of drug-likeness (QED) is 0.104. The Labute approximate surface area is 188 Å². The van der Waals surface area contributed by atoms with E-state index in [1.54, 1.807) is 6.92 Å². The highest BCUT2D eigenvalue weighted by Gasteiger charge is 2.32. The second-order valence-corrected chi connectivity index (χ2v) is 7.93. The molecule has 0 fully saturated rings. The van der Waals surface area contributed by atoms with Crippen molar-refractivity contribution in [1.29, 1.82) is 0 Å². The molecular formula is C19H37N5O6S. The molecule has 0 bridgehead atoms. The van der Waals surface area contributed by atoms with Crippen molar-refractivity contribution in [2.75, 3.05) is 12.3 Å². The average Bonchev–Trinajstić information content (AvgIpc) is 2.72. The number of carbonyl (C=O) groups is 4. The lowest BCUT2D eigenvalue weighted by Crippen LogP contribution is -2.60. The van der Waals surface area contributed by atoms with Gasteiger partial charge in [0.15, 0.2) is 0 Å². The van der Waals surface area contributed by atoms with E-state index in [4.69, 9.17) is 11.5 Å². The summed E-state index contributed by atoms with van der Waals surface area (Å²) in [5, 5.41) is 26.4. The number of aliphatic hydroxyl groups is 1. The highest BCUT2D eigenvalue weighted by Crippen LogP contribution is 2.07. The third-order valence-electron chi connectivity index (χ3n) is 5.00. The van der Waals surface area contributed by atoms with Gasteiger partial charge in [0, 0.05) is 5.75 Å². The van der Waals surface area contributed by atoms with Crippen LogP contribution in [0.15, 0.2) is 0 Å². The molecule has 31 heavy (non-hydrogen) atoms. The molecule has 0 saturated heterocycles. The Hall–Kier alpha value is -1.89. The Morgan fingerprint density at radius 1 is 0.968 bits per heavy atom. The number of nitrogens with two attached hydrogens (primary N) is 2. The summed E-state index contributed by atoms with van der Waals surface area (Å²) in [6.07, 6.45) is 0.594. The molecule has 180 valence electrons. The second-order valence-electron chi connectivity index (χ2n) is 7.57. The number of thiol groups is 1. The highest BCUT2D eigenvalue weighted by atomic mass is 32.1.